The van der Waals surface area contributed by atoms with Crippen LogP contribution in [-0.2, 0) is 0 Å². The molecule has 2 heterocycles. The van der Waals surface area contributed by atoms with Crippen molar-refractivity contribution >= 4 is 23.3 Å². The van der Waals surface area contributed by atoms with E-state index in [1.165, 1.54) is 6.07 Å². The molecule has 1 aromatic heterocycles. The number of H-pyrrole nitrogens is 1. The lowest BCUT2D eigenvalue weighted by Gasteiger charge is -2.21. The Bertz CT molecular complexity index is 648. The molecule has 1 aliphatic rings. The molecule has 1 aromatic carbocycles. The first-order chi connectivity index (χ1) is 9.66. The van der Waals surface area contributed by atoms with Crippen LogP contribution in [0.15, 0.2) is 24.3 Å². The van der Waals surface area contributed by atoms with Crippen LogP contribution in [-0.4, -0.2) is 34.4 Å². The smallest absolute Gasteiger partial charge is 0.353 e. The minimum Gasteiger partial charge on any atom is -0.477 e. The molecule has 0 atom stereocenters. The van der Waals surface area contributed by atoms with Crippen LogP contribution in [0.2, 0.25) is 5.02 Å². The van der Waals surface area contributed by atoms with Crippen molar-refractivity contribution < 1.29 is 9.90 Å². The number of anilines is 1. The summed E-state index contributed by atoms with van der Waals surface area (Å²) in [7, 11) is 0. The van der Waals surface area contributed by atoms with Gasteiger partial charge in [-0.2, -0.15) is 5.10 Å². The Morgan fingerprint density at radius 1 is 1.35 bits per heavy atom. The van der Waals surface area contributed by atoms with Crippen molar-refractivity contribution in [3.8, 4) is 11.3 Å². The summed E-state index contributed by atoms with van der Waals surface area (Å²) >= 11 is 6.30. The average Bonchev–Trinajstić information content (AvgIpc) is 3.10. The second-order valence-electron chi connectivity index (χ2n) is 4.80. The molecule has 20 heavy (non-hydrogen) atoms. The third kappa shape index (κ3) is 2.25. The highest BCUT2D eigenvalue weighted by Gasteiger charge is 2.20. The first-order valence-corrected chi connectivity index (χ1v) is 6.87. The van der Waals surface area contributed by atoms with Crippen LogP contribution in [0.5, 0.6) is 0 Å². The monoisotopic (exact) mass is 291 g/mol. The first-order valence-electron chi connectivity index (χ1n) is 6.49. The van der Waals surface area contributed by atoms with Gasteiger partial charge in [0.05, 0.1) is 10.7 Å². The highest BCUT2D eigenvalue weighted by Crippen LogP contribution is 2.37. The van der Waals surface area contributed by atoms with Crippen molar-refractivity contribution in [1.82, 2.24) is 10.2 Å². The van der Waals surface area contributed by atoms with Gasteiger partial charge in [-0.1, -0.05) is 17.7 Å². The van der Waals surface area contributed by atoms with E-state index in [4.69, 9.17) is 16.7 Å². The van der Waals surface area contributed by atoms with Gasteiger partial charge in [0, 0.05) is 24.3 Å². The Morgan fingerprint density at radius 2 is 2.10 bits per heavy atom. The Labute approximate surface area is 121 Å². The van der Waals surface area contributed by atoms with E-state index in [0.717, 1.165) is 37.2 Å². The molecule has 0 aliphatic carbocycles. The highest BCUT2D eigenvalue weighted by atomic mass is 35.5. The molecule has 1 fully saturated rings. The van der Waals surface area contributed by atoms with Crippen molar-refractivity contribution in [2.24, 2.45) is 0 Å². The minimum absolute atomic E-state index is 0.0623. The molecule has 0 spiro atoms. The molecule has 5 nitrogen and oxygen atoms in total. The molecule has 104 valence electrons. The molecular weight excluding hydrogens is 278 g/mol. The van der Waals surface area contributed by atoms with Crippen molar-refractivity contribution in [1.29, 1.82) is 0 Å². The van der Waals surface area contributed by atoms with Gasteiger partial charge >= 0.3 is 5.97 Å². The number of carboxylic acid groups (broad SMARTS) is 1. The normalized spacial score (nSPS) is 14.8. The molecule has 2 aromatic rings. The predicted octanol–water partition coefficient (Wildman–Crippen LogP) is 3.03. The summed E-state index contributed by atoms with van der Waals surface area (Å²) in [5, 5.41) is 16.2. The van der Waals surface area contributed by atoms with Gasteiger partial charge in [0.15, 0.2) is 0 Å². The number of aromatic carboxylic acids is 1. The second kappa shape index (κ2) is 5.17. The second-order valence-corrected chi connectivity index (χ2v) is 5.21. The lowest BCUT2D eigenvalue weighted by Crippen LogP contribution is -2.18. The van der Waals surface area contributed by atoms with Crippen molar-refractivity contribution in [2.75, 3.05) is 18.0 Å². The Kier molecular flexibility index (Phi) is 3.36. The van der Waals surface area contributed by atoms with Crippen LogP contribution >= 0.6 is 11.6 Å². The fourth-order valence-corrected chi connectivity index (χ4v) is 2.81. The van der Waals surface area contributed by atoms with Gasteiger partial charge in [-0.05, 0) is 31.0 Å². The van der Waals surface area contributed by atoms with Gasteiger partial charge in [0.2, 0.25) is 0 Å². The van der Waals surface area contributed by atoms with Gasteiger partial charge in [-0.15, -0.1) is 0 Å². The van der Waals surface area contributed by atoms with Gasteiger partial charge in [-0.3, -0.25) is 5.10 Å². The summed E-state index contributed by atoms with van der Waals surface area (Å²) < 4.78 is 0. The van der Waals surface area contributed by atoms with Crippen molar-refractivity contribution in [3.63, 3.8) is 0 Å². The maximum absolute atomic E-state index is 11.0. The number of hydrogen-bond donors (Lipinski definition) is 2. The number of carbonyl (C=O) groups is 1. The number of aromatic nitrogens is 2. The number of carboxylic acids is 1. The number of nitrogens with zero attached hydrogens (tertiary/aromatic N) is 2. The van der Waals surface area contributed by atoms with Crippen LogP contribution in [0.1, 0.15) is 23.3 Å². The van der Waals surface area contributed by atoms with Crippen LogP contribution < -0.4 is 4.90 Å². The number of nitrogens with one attached hydrogen (secondary N) is 1. The molecule has 6 heteroatoms. The zero-order valence-corrected chi connectivity index (χ0v) is 11.5. The Morgan fingerprint density at radius 3 is 2.75 bits per heavy atom. The van der Waals surface area contributed by atoms with Crippen molar-refractivity contribution in [2.45, 2.75) is 12.8 Å². The minimum atomic E-state index is -1.03. The van der Waals surface area contributed by atoms with E-state index in [9.17, 15) is 4.79 Å². The van der Waals surface area contributed by atoms with Gasteiger partial charge in [0.1, 0.15) is 5.69 Å². The lowest BCUT2D eigenvalue weighted by atomic mass is 10.1. The molecule has 0 unspecified atom stereocenters. The molecule has 0 amide bonds. The quantitative estimate of drug-likeness (QED) is 0.912. The van der Waals surface area contributed by atoms with E-state index < -0.39 is 5.97 Å². The third-order valence-corrected chi connectivity index (χ3v) is 3.82. The number of rotatable bonds is 3. The molecular formula is C14H14ClN3O2. The summed E-state index contributed by atoms with van der Waals surface area (Å²) in [5.74, 6) is -1.03. The average molecular weight is 292 g/mol. The van der Waals surface area contributed by atoms with Gasteiger partial charge in [-0.25, -0.2) is 4.79 Å². The molecule has 3 rings (SSSR count). The zero-order chi connectivity index (χ0) is 14.1. The van der Waals surface area contributed by atoms with E-state index in [2.05, 4.69) is 15.1 Å². The van der Waals surface area contributed by atoms with E-state index in [1.807, 2.05) is 12.1 Å². The Hall–Kier alpha value is -2.01. The van der Waals surface area contributed by atoms with Crippen LogP contribution in [0.3, 0.4) is 0 Å². The maximum atomic E-state index is 11.0. The van der Waals surface area contributed by atoms with Crippen molar-refractivity contribution in [3.05, 3.63) is 35.0 Å². The largest absolute Gasteiger partial charge is 0.477 e. The van der Waals surface area contributed by atoms with Gasteiger partial charge < -0.3 is 10.0 Å². The maximum Gasteiger partial charge on any atom is 0.353 e. The van der Waals surface area contributed by atoms with E-state index in [1.54, 1.807) is 6.07 Å². The first kappa shape index (κ1) is 13.0. The fourth-order valence-electron chi connectivity index (χ4n) is 2.55. The number of hydrogen-bond acceptors (Lipinski definition) is 3. The summed E-state index contributed by atoms with van der Waals surface area (Å²) in [6.07, 6.45) is 2.32. The summed E-state index contributed by atoms with van der Waals surface area (Å²) in [6, 6.07) is 7.22. The topological polar surface area (TPSA) is 69.2 Å². The highest BCUT2D eigenvalue weighted by molar-refractivity contribution is 6.34. The fraction of sp³-hybridized carbons (Fsp3) is 0.286. The number of halogens is 1. The van der Waals surface area contributed by atoms with Crippen LogP contribution in [0.4, 0.5) is 5.69 Å². The molecule has 2 N–H and O–H groups in total. The molecule has 1 aliphatic heterocycles. The molecule has 0 bridgehead atoms. The summed E-state index contributed by atoms with van der Waals surface area (Å²) in [6.45, 7) is 1.98. The molecule has 0 saturated carbocycles. The molecule has 1 saturated heterocycles. The standard InChI is InChI=1S/C14H14ClN3O2/c15-9-4-3-5-12(18-6-1-2-7-18)13(9)10-8-11(14(19)20)17-16-10/h3-5,8H,1-2,6-7H2,(H,16,17)(H,19,20). The third-order valence-electron chi connectivity index (χ3n) is 3.50. The van der Waals surface area contributed by atoms with E-state index in [-0.39, 0.29) is 5.69 Å². The van der Waals surface area contributed by atoms with Crippen LogP contribution in [0, 0.1) is 0 Å². The Balaban J connectivity index is 2.08. The summed E-state index contributed by atoms with van der Waals surface area (Å²) in [5.41, 5.74) is 2.43. The van der Waals surface area contributed by atoms with Crippen LogP contribution in [0.25, 0.3) is 11.3 Å². The lowest BCUT2D eigenvalue weighted by molar-refractivity contribution is 0.0690. The zero-order valence-electron chi connectivity index (χ0n) is 10.8. The predicted molar refractivity (Wildman–Crippen MR) is 77.4 cm³/mol. The SMILES string of the molecule is O=C(O)c1cc(-c2c(Cl)cccc2N2CCCC2)n[nH]1. The molecule has 0 radical (unpaired) electrons. The number of benzene rings is 1. The van der Waals surface area contributed by atoms with E-state index in [0.29, 0.717) is 10.7 Å². The van der Waals surface area contributed by atoms with Gasteiger partial charge in [0.25, 0.3) is 0 Å². The number of aromatic amines is 1. The van der Waals surface area contributed by atoms with E-state index >= 15 is 0 Å². The summed E-state index contributed by atoms with van der Waals surface area (Å²) in [4.78, 5) is 13.2.